The second-order valence-corrected chi connectivity index (χ2v) is 7.14. The molecule has 1 amide bonds. The van der Waals surface area contributed by atoms with Crippen molar-refractivity contribution in [2.24, 2.45) is 0 Å². The molecule has 0 unspecified atom stereocenters. The minimum absolute atomic E-state index is 0.115. The zero-order valence-electron chi connectivity index (χ0n) is 11.0. The maximum absolute atomic E-state index is 11.9. The van der Waals surface area contributed by atoms with Gasteiger partial charge in [0.2, 0.25) is 0 Å². The van der Waals surface area contributed by atoms with Crippen molar-refractivity contribution in [3.63, 3.8) is 0 Å². The summed E-state index contributed by atoms with van der Waals surface area (Å²) in [5.41, 5.74) is 1.47. The van der Waals surface area contributed by atoms with E-state index in [1.165, 1.54) is 10.8 Å². The first kappa shape index (κ1) is 17.2. The molecule has 0 aliphatic rings. The van der Waals surface area contributed by atoms with Crippen molar-refractivity contribution in [3.05, 3.63) is 34.3 Å². The van der Waals surface area contributed by atoms with Crippen LogP contribution in [0.3, 0.4) is 0 Å². The van der Waals surface area contributed by atoms with Crippen LogP contribution in [0.2, 0.25) is 5.02 Å². The molecule has 20 heavy (non-hydrogen) atoms. The number of nitrogens with one attached hydrogen (secondary N) is 1. The molecule has 4 nitrogen and oxygen atoms in total. The first-order valence-electron chi connectivity index (χ1n) is 6.01. The van der Waals surface area contributed by atoms with Gasteiger partial charge < -0.3 is 10.4 Å². The molecule has 110 valence electrons. The molecule has 1 rings (SSSR count). The van der Waals surface area contributed by atoms with Crippen LogP contribution >= 0.6 is 33.2 Å². The van der Waals surface area contributed by atoms with Gasteiger partial charge in [0, 0.05) is 28.6 Å². The van der Waals surface area contributed by atoms with Crippen LogP contribution in [0.5, 0.6) is 0 Å². The van der Waals surface area contributed by atoms with Crippen molar-refractivity contribution >= 4 is 45.1 Å². The first-order chi connectivity index (χ1) is 9.50. The normalized spacial score (nSPS) is 10.3. The van der Waals surface area contributed by atoms with E-state index in [0.29, 0.717) is 22.9 Å². The lowest BCUT2D eigenvalue weighted by molar-refractivity contribution is -0.136. The van der Waals surface area contributed by atoms with E-state index in [0.717, 1.165) is 11.3 Å². The maximum atomic E-state index is 11.9. The molecule has 0 saturated heterocycles. The second-order valence-electron chi connectivity index (χ2n) is 4.00. The average molecular weight is 334 g/mol. The second kappa shape index (κ2) is 9.15. The molecule has 0 saturated carbocycles. The highest BCUT2D eigenvalue weighted by Gasteiger charge is 2.08. The third kappa shape index (κ3) is 6.54. The van der Waals surface area contributed by atoms with Gasteiger partial charge in [0.25, 0.3) is 5.91 Å². The zero-order chi connectivity index (χ0) is 15.0. The summed E-state index contributed by atoms with van der Waals surface area (Å²) in [5, 5.41) is 11.9. The van der Waals surface area contributed by atoms with Crippen LogP contribution in [0.25, 0.3) is 0 Å². The van der Waals surface area contributed by atoms with Gasteiger partial charge in [0.15, 0.2) is 0 Å². The van der Waals surface area contributed by atoms with E-state index in [-0.39, 0.29) is 12.3 Å². The minimum atomic E-state index is -0.787. The lowest BCUT2D eigenvalue weighted by Crippen LogP contribution is -2.26. The van der Waals surface area contributed by atoms with E-state index in [2.05, 4.69) is 5.32 Å². The number of aliphatic carboxylic acids is 1. The fourth-order valence-corrected chi connectivity index (χ4v) is 3.54. The Morgan fingerprint density at radius 2 is 2.00 bits per heavy atom. The zero-order valence-corrected chi connectivity index (χ0v) is 13.4. The van der Waals surface area contributed by atoms with E-state index < -0.39 is 5.97 Å². The molecule has 0 aliphatic carbocycles. The maximum Gasteiger partial charge on any atom is 0.304 e. The fourth-order valence-electron chi connectivity index (χ4n) is 1.43. The number of amides is 1. The SMILES string of the molecule is Cc1cc(Cl)ccc1C(=O)NCCSSCCC(=O)O. The average Bonchev–Trinajstić information content (AvgIpc) is 2.37. The molecule has 0 fully saturated rings. The largest absolute Gasteiger partial charge is 0.481 e. The third-order valence-electron chi connectivity index (χ3n) is 2.39. The van der Waals surface area contributed by atoms with Crippen molar-refractivity contribution in [1.82, 2.24) is 5.32 Å². The van der Waals surface area contributed by atoms with Crippen molar-refractivity contribution in [2.75, 3.05) is 18.1 Å². The molecule has 0 bridgehead atoms. The molecule has 1 aromatic rings. The number of carboxylic acids is 1. The van der Waals surface area contributed by atoms with Gasteiger partial charge in [0.1, 0.15) is 0 Å². The summed E-state index contributed by atoms with van der Waals surface area (Å²) in [4.78, 5) is 22.2. The molecule has 0 atom stereocenters. The number of benzene rings is 1. The first-order valence-corrected chi connectivity index (χ1v) is 8.88. The number of halogens is 1. The summed E-state index contributed by atoms with van der Waals surface area (Å²) in [5.74, 6) is 0.410. The molecule has 0 aromatic heterocycles. The number of carboxylic acid groups (broad SMARTS) is 1. The van der Waals surface area contributed by atoms with Crippen molar-refractivity contribution < 1.29 is 14.7 Å². The summed E-state index contributed by atoms with van der Waals surface area (Å²) in [7, 11) is 3.06. The van der Waals surface area contributed by atoms with E-state index in [1.54, 1.807) is 29.0 Å². The molecule has 7 heteroatoms. The molecule has 0 heterocycles. The topological polar surface area (TPSA) is 66.4 Å². The molecular weight excluding hydrogens is 318 g/mol. The summed E-state index contributed by atoms with van der Waals surface area (Å²) in [6.07, 6.45) is 0.161. The Balaban J connectivity index is 2.22. The van der Waals surface area contributed by atoms with Crippen LogP contribution in [-0.2, 0) is 4.79 Å². The number of rotatable bonds is 8. The quantitative estimate of drug-likeness (QED) is 0.564. The van der Waals surface area contributed by atoms with Crippen LogP contribution in [0.4, 0.5) is 0 Å². The fraction of sp³-hybridized carbons (Fsp3) is 0.385. The number of carbonyl (C=O) groups excluding carboxylic acids is 1. The van der Waals surface area contributed by atoms with E-state index in [9.17, 15) is 9.59 Å². The lowest BCUT2D eigenvalue weighted by atomic mass is 10.1. The highest BCUT2D eigenvalue weighted by molar-refractivity contribution is 8.76. The molecule has 2 N–H and O–H groups in total. The van der Waals surface area contributed by atoms with Crippen molar-refractivity contribution in [1.29, 1.82) is 0 Å². The standard InChI is InChI=1S/C13H16ClNO3S2/c1-9-8-10(14)2-3-11(9)13(18)15-5-7-20-19-6-4-12(16)17/h2-3,8H,4-7H2,1H3,(H,15,18)(H,16,17). The number of carbonyl (C=O) groups is 2. The number of hydrogen-bond donors (Lipinski definition) is 2. The van der Waals surface area contributed by atoms with Gasteiger partial charge in [0.05, 0.1) is 6.42 Å². The van der Waals surface area contributed by atoms with Crippen LogP contribution in [-0.4, -0.2) is 35.0 Å². The van der Waals surface area contributed by atoms with Gasteiger partial charge in [-0.1, -0.05) is 33.2 Å². The molecule has 0 radical (unpaired) electrons. The van der Waals surface area contributed by atoms with Crippen molar-refractivity contribution in [2.45, 2.75) is 13.3 Å². The number of aryl methyl sites for hydroxylation is 1. The monoisotopic (exact) mass is 333 g/mol. The lowest BCUT2D eigenvalue weighted by Gasteiger charge is -2.07. The smallest absolute Gasteiger partial charge is 0.304 e. The summed E-state index contributed by atoms with van der Waals surface area (Å²) >= 11 is 5.84. The van der Waals surface area contributed by atoms with Gasteiger partial charge in [-0.3, -0.25) is 9.59 Å². The van der Waals surface area contributed by atoms with Gasteiger partial charge in [-0.05, 0) is 30.7 Å². The van der Waals surface area contributed by atoms with Gasteiger partial charge in [-0.2, -0.15) is 0 Å². The van der Waals surface area contributed by atoms with Gasteiger partial charge in [-0.15, -0.1) is 0 Å². The van der Waals surface area contributed by atoms with E-state index >= 15 is 0 Å². The van der Waals surface area contributed by atoms with Crippen LogP contribution in [0.1, 0.15) is 22.3 Å². The predicted octanol–water partition coefficient (Wildman–Crippen LogP) is 3.23. The predicted molar refractivity (Wildman–Crippen MR) is 85.7 cm³/mol. The minimum Gasteiger partial charge on any atom is -0.481 e. The van der Waals surface area contributed by atoms with E-state index in [4.69, 9.17) is 16.7 Å². The van der Waals surface area contributed by atoms with E-state index in [1.807, 2.05) is 6.92 Å². The molecule has 0 aliphatic heterocycles. The molecular formula is C13H16ClNO3S2. The van der Waals surface area contributed by atoms with Crippen LogP contribution in [0, 0.1) is 6.92 Å². The third-order valence-corrected chi connectivity index (χ3v) is 5.03. The molecule has 1 aromatic carbocycles. The highest BCUT2D eigenvalue weighted by atomic mass is 35.5. The summed E-state index contributed by atoms with van der Waals surface area (Å²) < 4.78 is 0. The highest BCUT2D eigenvalue weighted by Crippen LogP contribution is 2.21. The van der Waals surface area contributed by atoms with Crippen LogP contribution < -0.4 is 5.32 Å². The Kier molecular flexibility index (Phi) is 7.87. The molecule has 0 spiro atoms. The number of hydrogen-bond acceptors (Lipinski definition) is 4. The van der Waals surface area contributed by atoms with Crippen molar-refractivity contribution in [3.8, 4) is 0 Å². The Morgan fingerprint density at radius 1 is 1.30 bits per heavy atom. The Hall–Kier alpha value is -0.850. The van der Waals surface area contributed by atoms with Gasteiger partial charge >= 0.3 is 5.97 Å². The Bertz CT molecular complexity index is 483. The summed E-state index contributed by atoms with van der Waals surface area (Å²) in [6, 6.07) is 5.16. The summed E-state index contributed by atoms with van der Waals surface area (Å²) in [6.45, 7) is 2.39. The van der Waals surface area contributed by atoms with Crippen LogP contribution in [0.15, 0.2) is 18.2 Å². The Morgan fingerprint density at radius 3 is 2.65 bits per heavy atom. The Labute approximate surface area is 131 Å². The van der Waals surface area contributed by atoms with Gasteiger partial charge in [-0.25, -0.2) is 0 Å².